The summed E-state index contributed by atoms with van der Waals surface area (Å²) in [5.74, 6) is -0.267. The van der Waals surface area contributed by atoms with Crippen molar-refractivity contribution in [3.63, 3.8) is 0 Å². The molecule has 0 radical (unpaired) electrons. The van der Waals surface area contributed by atoms with Crippen LogP contribution in [0.2, 0.25) is 0 Å². The Labute approximate surface area is 151 Å². The maximum absolute atomic E-state index is 12.9. The van der Waals surface area contributed by atoms with Crippen LogP contribution in [0.25, 0.3) is 0 Å². The van der Waals surface area contributed by atoms with E-state index in [0.29, 0.717) is 6.54 Å². The fourth-order valence-electron chi connectivity index (χ4n) is 3.72. The predicted molar refractivity (Wildman–Crippen MR) is 95.4 cm³/mol. The zero-order valence-electron chi connectivity index (χ0n) is 14.7. The first-order valence-electron chi connectivity index (χ1n) is 8.66. The van der Waals surface area contributed by atoms with Gasteiger partial charge in [-0.2, -0.15) is 0 Å². The van der Waals surface area contributed by atoms with Gasteiger partial charge in [0.2, 0.25) is 5.91 Å². The molecule has 2 aliphatic rings. The molecule has 6 nitrogen and oxygen atoms in total. The Bertz CT molecular complexity index is 821. The molecule has 0 bridgehead atoms. The van der Waals surface area contributed by atoms with Crippen molar-refractivity contribution in [1.29, 1.82) is 0 Å². The van der Waals surface area contributed by atoms with Gasteiger partial charge in [-0.15, -0.1) is 0 Å². The van der Waals surface area contributed by atoms with Gasteiger partial charge in [0.25, 0.3) is 5.91 Å². The lowest BCUT2D eigenvalue weighted by molar-refractivity contribution is -0.142. The zero-order chi connectivity index (χ0) is 18.3. The number of amides is 2. The van der Waals surface area contributed by atoms with Crippen LogP contribution < -0.4 is 9.80 Å². The van der Waals surface area contributed by atoms with Gasteiger partial charge in [-0.05, 0) is 36.8 Å². The third kappa shape index (κ3) is 2.45. The summed E-state index contributed by atoms with van der Waals surface area (Å²) in [7, 11) is 1.61. The number of hydrogen-bond acceptors (Lipinski definition) is 5. The second-order valence-corrected chi connectivity index (χ2v) is 6.35. The molecule has 0 N–H and O–H groups in total. The van der Waals surface area contributed by atoms with Crippen molar-refractivity contribution >= 4 is 17.5 Å². The number of likely N-dealkylation sites (N-methyl/N-ethyl adjacent to an activating group) is 1. The van der Waals surface area contributed by atoms with Gasteiger partial charge < -0.3 is 4.74 Å². The van der Waals surface area contributed by atoms with Crippen molar-refractivity contribution in [2.45, 2.75) is 19.1 Å². The van der Waals surface area contributed by atoms with Crippen molar-refractivity contribution < 1.29 is 19.2 Å². The maximum atomic E-state index is 12.9. The Morgan fingerprint density at radius 1 is 1.00 bits per heavy atom. The molecule has 3 atom stereocenters. The van der Waals surface area contributed by atoms with Crippen molar-refractivity contribution in [2.75, 3.05) is 18.7 Å². The summed E-state index contributed by atoms with van der Waals surface area (Å²) in [6.07, 6.45) is -0.783. The van der Waals surface area contributed by atoms with E-state index in [0.717, 1.165) is 17.0 Å². The molecule has 134 valence electrons. The van der Waals surface area contributed by atoms with Gasteiger partial charge in [-0.1, -0.05) is 30.3 Å². The highest BCUT2D eigenvalue weighted by molar-refractivity contribution is 6.07. The average Bonchev–Trinajstić information content (AvgIpc) is 3.19. The van der Waals surface area contributed by atoms with Gasteiger partial charge in [0.05, 0.1) is 18.8 Å². The molecule has 26 heavy (non-hydrogen) atoms. The standard InChI is InChI=1S/C20H20N2O4/c1-3-21-19(23)16-17(13-9-11-15(25-2)12-10-13)22(26-18(16)20(21)24)14-7-5-4-6-8-14/h4-12,16-18H,3H2,1-2H3/t16-,17+,18+/m1/s1. The number of carbonyl (C=O) groups excluding carboxylic acids is 2. The van der Waals surface area contributed by atoms with Crippen molar-refractivity contribution in [1.82, 2.24) is 4.90 Å². The van der Waals surface area contributed by atoms with E-state index < -0.39 is 12.0 Å². The highest BCUT2D eigenvalue weighted by Crippen LogP contribution is 2.46. The summed E-state index contributed by atoms with van der Waals surface area (Å²) < 4.78 is 5.23. The van der Waals surface area contributed by atoms with Crippen LogP contribution in [-0.2, 0) is 14.4 Å². The lowest BCUT2D eigenvalue weighted by Gasteiger charge is -2.28. The SMILES string of the molecule is CCN1C(=O)[C@H]2[C@H](ON(c3ccccc3)[C@H]2c2ccc(OC)cc2)C1=O. The molecule has 0 aromatic heterocycles. The molecular weight excluding hydrogens is 332 g/mol. The molecule has 2 aromatic carbocycles. The number of benzene rings is 2. The van der Waals surface area contributed by atoms with E-state index in [4.69, 9.17) is 9.57 Å². The lowest BCUT2D eigenvalue weighted by Crippen LogP contribution is -2.37. The molecule has 0 aliphatic carbocycles. The Morgan fingerprint density at radius 2 is 1.69 bits per heavy atom. The number of hydroxylamine groups is 1. The van der Waals surface area contributed by atoms with Gasteiger partial charge in [0, 0.05) is 6.54 Å². The summed E-state index contributed by atoms with van der Waals surface area (Å²) in [5.41, 5.74) is 1.72. The van der Waals surface area contributed by atoms with E-state index in [-0.39, 0.29) is 17.9 Å². The van der Waals surface area contributed by atoms with Crippen molar-refractivity contribution in [3.05, 3.63) is 60.2 Å². The summed E-state index contributed by atoms with van der Waals surface area (Å²) in [5, 5.41) is 1.69. The molecule has 0 saturated carbocycles. The van der Waals surface area contributed by atoms with E-state index in [9.17, 15) is 9.59 Å². The summed E-state index contributed by atoms with van der Waals surface area (Å²) in [6, 6.07) is 16.7. The second-order valence-electron chi connectivity index (χ2n) is 6.35. The normalized spacial score (nSPS) is 24.9. The third-order valence-corrected chi connectivity index (χ3v) is 4.99. The highest BCUT2D eigenvalue weighted by atomic mass is 16.7. The number of rotatable bonds is 4. The minimum absolute atomic E-state index is 0.179. The first-order valence-corrected chi connectivity index (χ1v) is 8.66. The van der Waals surface area contributed by atoms with Gasteiger partial charge >= 0.3 is 0 Å². The molecular formula is C20H20N2O4. The van der Waals surface area contributed by atoms with E-state index in [1.807, 2.05) is 54.6 Å². The van der Waals surface area contributed by atoms with Crippen LogP contribution in [-0.4, -0.2) is 36.5 Å². The quantitative estimate of drug-likeness (QED) is 0.792. The number of ether oxygens (including phenoxy) is 1. The first kappa shape index (κ1) is 16.6. The Hall–Kier alpha value is -2.86. The molecule has 0 spiro atoms. The highest BCUT2D eigenvalue weighted by Gasteiger charge is 2.59. The molecule has 0 unspecified atom stereocenters. The number of hydrogen-bond donors (Lipinski definition) is 0. The van der Waals surface area contributed by atoms with Crippen molar-refractivity contribution in [3.8, 4) is 5.75 Å². The number of fused-ring (bicyclic) bond motifs is 1. The molecule has 6 heteroatoms. The van der Waals surface area contributed by atoms with Crippen LogP contribution in [0.15, 0.2) is 54.6 Å². The zero-order valence-corrected chi connectivity index (χ0v) is 14.7. The topological polar surface area (TPSA) is 59.1 Å². The molecule has 2 heterocycles. The van der Waals surface area contributed by atoms with E-state index in [2.05, 4.69) is 0 Å². The monoisotopic (exact) mass is 352 g/mol. The van der Waals surface area contributed by atoms with Crippen LogP contribution in [0.5, 0.6) is 5.75 Å². The second kappa shape index (κ2) is 6.46. The smallest absolute Gasteiger partial charge is 0.261 e. The largest absolute Gasteiger partial charge is 0.497 e. The Morgan fingerprint density at radius 3 is 2.31 bits per heavy atom. The fourth-order valence-corrected chi connectivity index (χ4v) is 3.72. The molecule has 2 amide bonds. The fraction of sp³-hybridized carbons (Fsp3) is 0.300. The molecule has 2 saturated heterocycles. The number of carbonyl (C=O) groups is 2. The predicted octanol–water partition coefficient (Wildman–Crippen LogP) is 2.56. The Kier molecular flexibility index (Phi) is 4.12. The summed E-state index contributed by atoms with van der Waals surface area (Å²) in [4.78, 5) is 32.8. The van der Waals surface area contributed by atoms with Crippen LogP contribution in [0, 0.1) is 5.92 Å². The van der Waals surface area contributed by atoms with Crippen LogP contribution in [0.1, 0.15) is 18.5 Å². The van der Waals surface area contributed by atoms with E-state index in [1.54, 1.807) is 19.1 Å². The summed E-state index contributed by atoms with van der Waals surface area (Å²) >= 11 is 0. The minimum Gasteiger partial charge on any atom is -0.497 e. The molecule has 2 aromatic rings. The van der Waals surface area contributed by atoms with Gasteiger partial charge in [-0.3, -0.25) is 19.3 Å². The van der Waals surface area contributed by atoms with Gasteiger partial charge in [0.1, 0.15) is 11.7 Å². The molecule has 2 fully saturated rings. The number of imide groups is 1. The number of para-hydroxylation sites is 1. The number of methoxy groups -OCH3 is 1. The van der Waals surface area contributed by atoms with Gasteiger partial charge in [-0.25, -0.2) is 5.06 Å². The van der Waals surface area contributed by atoms with E-state index >= 15 is 0 Å². The number of nitrogens with zero attached hydrogens (tertiary/aromatic N) is 2. The van der Waals surface area contributed by atoms with Crippen LogP contribution in [0.3, 0.4) is 0 Å². The number of likely N-dealkylation sites (tertiary alicyclic amines) is 1. The first-order chi connectivity index (χ1) is 12.7. The van der Waals surface area contributed by atoms with E-state index in [1.165, 1.54) is 4.90 Å². The lowest BCUT2D eigenvalue weighted by atomic mass is 9.90. The van der Waals surface area contributed by atoms with Crippen LogP contribution in [0.4, 0.5) is 5.69 Å². The van der Waals surface area contributed by atoms with Gasteiger partial charge in [0.15, 0.2) is 6.10 Å². The van der Waals surface area contributed by atoms with Crippen LogP contribution >= 0.6 is 0 Å². The molecule has 4 rings (SSSR count). The Balaban J connectivity index is 1.78. The molecule has 2 aliphatic heterocycles. The third-order valence-electron chi connectivity index (χ3n) is 4.99. The summed E-state index contributed by atoms with van der Waals surface area (Å²) in [6.45, 7) is 2.16. The number of anilines is 1. The maximum Gasteiger partial charge on any atom is 0.261 e. The minimum atomic E-state index is -0.783. The van der Waals surface area contributed by atoms with Crippen molar-refractivity contribution in [2.24, 2.45) is 5.92 Å². The average molecular weight is 352 g/mol.